The molecule has 0 aliphatic carbocycles. The first kappa shape index (κ1) is 12.5. The Morgan fingerprint density at radius 3 is 3.07 bits per heavy atom. The lowest BCUT2D eigenvalue weighted by Crippen LogP contribution is -2.38. The van der Waals surface area contributed by atoms with E-state index < -0.39 is 0 Å². The predicted octanol–water partition coefficient (Wildman–Crippen LogP) is 1.45. The molecular formula is C11H21NO3. The lowest BCUT2D eigenvalue weighted by atomic mass is 10.2. The van der Waals surface area contributed by atoms with Crippen molar-refractivity contribution in [2.75, 3.05) is 19.8 Å². The normalized spacial score (nSPS) is 21.3. The fraction of sp³-hybridized carbons (Fsp3) is 0.909. The molecule has 15 heavy (non-hydrogen) atoms. The van der Waals surface area contributed by atoms with Gasteiger partial charge in [0.15, 0.2) is 0 Å². The molecule has 0 aromatic rings. The number of esters is 1. The topological polar surface area (TPSA) is 47.6 Å². The van der Waals surface area contributed by atoms with E-state index in [1.807, 2.05) is 0 Å². The van der Waals surface area contributed by atoms with E-state index in [-0.39, 0.29) is 18.7 Å². The molecule has 0 amide bonds. The summed E-state index contributed by atoms with van der Waals surface area (Å²) in [5, 5.41) is 3.05. The third-order valence-corrected chi connectivity index (χ3v) is 2.41. The third kappa shape index (κ3) is 5.74. The molecule has 1 aliphatic rings. The predicted molar refractivity (Wildman–Crippen MR) is 57.5 cm³/mol. The van der Waals surface area contributed by atoms with Crippen molar-refractivity contribution >= 4 is 5.97 Å². The average molecular weight is 215 g/mol. The van der Waals surface area contributed by atoms with E-state index in [0.29, 0.717) is 6.61 Å². The number of rotatable bonds is 6. The minimum atomic E-state index is -0.183. The van der Waals surface area contributed by atoms with Gasteiger partial charge in [-0.2, -0.15) is 0 Å². The Labute approximate surface area is 91.3 Å². The Morgan fingerprint density at radius 1 is 1.53 bits per heavy atom. The highest BCUT2D eigenvalue weighted by Crippen LogP contribution is 2.09. The molecule has 0 spiro atoms. The summed E-state index contributed by atoms with van der Waals surface area (Å²) in [5.74, 6) is -0.183. The van der Waals surface area contributed by atoms with Crippen LogP contribution in [0.2, 0.25) is 0 Å². The summed E-state index contributed by atoms with van der Waals surface area (Å²) in [5.41, 5.74) is 0. The molecule has 1 heterocycles. The van der Waals surface area contributed by atoms with E-state index >= 15 is 0 Å². The number of carbonyl (C=O) groups is 1. The molecule has 0 saturated carbocycles. The summed E-state index contributed by atoms with van der Waals surface area (Å²) in [7, 11) is 0. The molecule has 88 valence electrons. The summed E-state index contributed by atoms with van der Waals surface area (Å²) in [6.07, 6.45) is 5.31. The van der Waals surface area contributed by atoms with Gasteiger partial charge in [-0.1, -0.05) is 13.3 Å². The number of nitrogens with one attached hydrogen (secondary N) is 1. The first-order valence-electron chi connectivity index (χ1n) is 5.83. The maximum absolute atomic E-state index is 11.2. The van der Waals surface area contributed by atoms with Crippen LogP contribution in [0.4, 0.5) is 0 Å². The Hall–Kier alpha value is -0.610. The van der Waals surface area contributed by atoms with E-state index in [4.69, 9.17) is 9.47 Å². The van der Waals surface area contributed by atoms with Crippen LogP contribution in [0.5, 0.6) is 0 Å². The highest BCUT2D eigenvalue weighted by atomic mass is 16.5. The molecule has 1 atom stereocenters. The van der Waals surface area contributed by atoms with Crippen molar-refractivity contribution in [2.24, 2.45) is 0 Å². The fourth-order valence-electron chi connectivity index (χ4n) is 1.48. The highest BCUT2D eigenvalue weighted by molar-refractivity contribution is 5.71. The largest absolute Gasteiger partial charge is 0.465 e. The van der Waals surface area contributed by atoms with Crippen molar-refractivity contribution < 1.29 is 14.3 Å². The summed E-state index contributed by atoms with van der Waals surface area (Å²) >= 11 is 0. The van der Waals surface area contributed by atoms with Gasteiger partial charge in [-0.15, -0.1) is 0 Å². The molecule has 4 heteroatoms. The molecule has 1 N–H and O–H groups in total. The van der Waals surface area contributed by atoms with E-state index in [0.717, 1.165) is 32.3 Å². The molecule has 4 nitrogen and oxygen atoms in total. The first-order valence-corrected chi connectivity index (χ1v) is 5.83. The smallest absolute Gasteiger partial charge is 0.319 e. The summed E-state index contributed by atoms with van der Waals surface area (Å²) in [6.45, 7) is 3.65. The summed E-state index contributed by atoms with van der Waals surface area (Å²) in [6, 6.07) is 0. The average Bonchev–Trinajstić information content (AvgIpc) is 2.28. The van der Waals surface area contributed by atoms with Crippen LogP contribution in [-0.4, -0.2) is 32.0 Å². The van der Waals surface area contributed by atoms with E-state index in [1.54, 1.807) is 0 Å². The van der Waals surface area contributed by atoms with Gasteiger partial charge >= 0.3 is 5.97 Å². The molecule has 1 fully saturated rings. The Balaban J connectivity index is 2.00. The fourth-order valence-corrected chi connectivity index (χ4v) is 1.48. The van der Waals surface area contributed by atoms with E-state index in [2.05, 4.69) is 12.2 Å². The number of hydrogen-bond donors (Lipinski definition) is 1. The zero-order valence-electron chi connectivity index (χ0n) is 9.46. The van der Waals surface area contributed by atoms with Crippen LogP contribution in [0, 0.1) is 0 Å². The van der Waals surface area contributed by atoms with E-state index in [9.17, 15) is 4.79 Å². The second-order valence-electron chi connectivity index (χ2n) is 3.81. The minimum Gasteiger partial charge on any atom is -0.465 e. The molecule has 0 aromatic carbocycles. The first-order chi connectivity index (χ1) is 7.33. The monoisotopic (exact) mass is 215 g/mol. The molecule has 0 bridgehead atoms. The van der Waals surface area contributed by atoms with Crippen molar-refractivity contribution in [3.8, 4) is 0 Å². The quantitative estimate of drug-likeness (QED) is 0.538. The van der Waals surface area contributed by atoms with Crippen molar-refractivity contribution in [1.82, 2.24) is 5.32 Å². The van der Waals surface area contributed by atoms with Crippen molar-refractivity contribution in [2.45, 2.75) is 45.3 Å². The summed E-state index contributed by atoms with van der Waals surface area (Å²) in [4.78, 5) is 11.2. The number of unbranched alkanes of at least 4 members (excludes halogenated alkanes) is 1. The Morgan fingerprint density at radius 2 is 2.40 bits per heavy atom. The minimum absolute atomic E-state index is 0.0393. The summed E-state index contributed by atoms with van der Waals surface area (Å²) < 4.78 is 10.5. The van der Waals surface area contributed by atoms with Gasteiger partial charge in [0.1, 0.15) is 6.23 Å². The standard InChI is InChI=1S/C11H21NO3/c1-2-3-7-15-11(13)9-12-10-6-4-5-8-14-10/h10,12H,2-9H2,1H3. The maximum atomic E-state index is 11.2. The van der Waals surface area contributed by atoms with Gasteiger partial charge in [-0.05, 0) is 25.7 Å². The second-order valence-corrected chi connectivity index (χ2v) is 3.81. The molecular weight excluding hydrogens is 194 g/mol. The van der Waals surface area contributed by atoms with Crippen LogP contribution in [0.1, 0.15) is 39.0 Å². The van der Waals surface area contributed by atoms with Gasteiger partial charge < -0.3 is 9.47 Å². The van der Waals surface area contributed by atoms with Crippen LogP contribution in [-0.2, 0) is 14.3 Å². The van der Waals surface area contributed by atoms with Crippen molar-refractivity contribution in [3.63, 3.8) is 0 Å². The van der Waals surface area contributed by atoms with Crippen LogP contribution >= 0.6 is 0 Å². The second kappa shape index (κ2) is 7.65. The van der Waals surface area contributed by atoms with Crippen LogP contribution in [0.3, 0.4) is 0 Å². The van der Waals surface area contributed by atoms with Gasteiger partial charge in [0, 0.05) is 6.61 Å². The van der Waals surface area contributed by atoms with Gasteiger partial charge in [0.25, 0.3) is 0 Å². The third-order valence-electron chi connectivity index (χ3n) is 2.41. The van der Waals surface area contributed by atoms with Crippen molar-refractivity contribution in [3.05, 3.63) is 0 Å². The van der Waals surface area contributed by atoms with Gasteiger partial charge in [-0.3, -0.25) is 10.1 Å². The van der Waals surface area contributed by atoms with E-state index in [1.165, 1.54) is 6.42 Å². The highest BCUT2D eigenvalue weighted by Gasteiger charge is 2.14. The maximum Gasteiger partial charge on any atom is 0.319 e. The number of carbonyl (C=O) groups excluding carboxylic acids is 1. The Bertz CT molecular complexity index is 179. The lowest BCUT2D eigenvalue weighted by molar-refractivity contribution is -0.143. The zero-order chi connectivity index (χ0) is 10.9. The molecule has 1 unspecified atom stereocenters. The molecule has 1 rings (SSSR count). The van der Waals surface area contributed by atoms with Crippen molar-refractivity contribution in [1.29, 1.82) is 0 Å². The molecule has 0 radical (unpaired) electrons. The van der Waals surface area contributed by atoms with Crippen LogP contribution in [0.15, 0.2) is 0 Å². The SMILES string of the molecule is CCCCOC(=O)CNC1CCCCO1. The molecule has 1 aliphatic heterocycles. The zero-order valence-corrected chi connectivity index (χ0v) is 9.46. The Kier molecular flexibility index (Phi) is 6.36. The van der Waals surface area contributed by atoms with Crippen LogP contribution in [0.25, 0.3) is 0 Å². The van der Waals surface area contributed by atoms with Gasteiger partial charge in [0.05, 0.1) is 13.2 Å². The lowest BCUT2D eigenvalue weighted by Gasteiger charge is -2.23. The molecule has 0 aromatic heterocycles. The van der Waals surface area contributed by atoms with Crippen LogP contribution < -0.4 is 5.32 Å². The molecule has 1 saturated heterocycles. The number of ether oxygens (including phenoxy) is 2. The van der Waals surface area contributed by atoms with Gasteiger partial charge in [0.2, 0.25) is 0 Å². The number of hydrogen-bond acceptors (Lipinski definition) is 4. The van der Waals surface area contributed by atoms with Gasteiger partial charge in [-0.25, -0.2) is 0 Å².